The Morgan fingerprint density at radius 2 is 1.67 bits per heavy atom. The highest BCUT2D eigenvalue weighted by Crippen LogP contribution is 2.27. The van der Waals surface area contributed by atoms with Gasteiger partial charge in [-0.3, -0.25) is 0 Å². The number of phenols is 1. The number of aryl methyl sites for hydroxylation is 1. The molecule has 4 radical (unpaired) electrons. The third-order valence-corrected chi connectivity index (χ3v) is 4.10. The van der Waals surface area contributed by atoms with E-state index >= 15 is 0 Å². The van der Waals surface area contributed by atoms with Crippen molar-refractivity contribution in [1.82, 2.24) is 0 Å². The van der Waals surface area contributed by atoms with Gasteiger partial charge in [0.15, 0.2) is 0 Å². The number of phenolic OH excluding ortho intramolecular Hbond substituents is 1. The summed E-state index contributed by atoms with van der Waals surface area (Å²) in [5.41, 5.74) is 4.35. The van der Waals surface area contributed by atoms with Crippen molar-refractivity contribution in [3.8, 4) is 16.9 Å². The number of halogens is 1. The molecule has 2 aromatic carbocycles. The van der Waals surface area contributed by atoms with E-state index in [4.69, 9.17) is 15.7 Å². The van der Waals surface area contributed by atoms with E-state index in [9.17, 15) is 10.2 Å². The van der Waals surface area contributed by atoms with Gasteiger partial charge in [0.25, 0.3) is 0 Å². The fraction of sp³-hybridized carbons (Fsp3) is 0.250. The minimum absolute atomic E-state index is 0.108. The van der Waals surface area contributed by atoms with E-state index in [1.54, 1.807) is 19.9 Å². The SMILES string of the molecule is [B]c1cc(-c2cc([B])c(CC(C)O)c(Br)c2)cc(C)c1O. The van der Waals surface area contributed by atoms with Crippen LogP contribution in [0.2, 0.25) is 0 Å². The molecule has 21 heavy (non-hydrogen) atoms. The molecule has 1 atom stereocenters. The van der Waals surface area contributed by atoms with Crippen LogP contribution in [0.3, 0.4) is 0 Å². The maximum Gasteiger partial charge on any atom is 0.119 e. The third-order valence-electron chi connectivity index (χ3n) is 3.39. The van der Waals surface area contributed by atoms with Gasteiger partial charge in [0.05, 0.1) is 6.10 Å². The molecule has 2 N–H and O–H groups in total. The molecule has 0 spiro atoms. The lowest BCUT2D eigenvalue weighted by Gasteiger charge is -2.15. The lowest BCUT2D eigenvalue weighted by Crippen LogP contribution is -2.17. The summed E-state index contributed by atoms with van der Waals surface area (Å²) in [4.78, 5) is 0. The van der Waals surface area contributed by atoms with Gasteiger partial charge in [-0.25, -0.2) is 0 Å². The van der Waals surface area contributed by atoms with Gasteiger partial charge < -0.3 is 10.2 Å². The van der Waals surface area contributed by atoms with E-state index in [1.807, 2.05) is 18.2 Å². The summed E-state index contributed by atoms with van der Waals surface area (Å²) in [5, 5.41) is 19.3. The Balaban J connectivity index is 2.51. The van der Waals surface area contributed by atoms with Crippen molar-refractivity contribution in [1.29, 1.82) is 0 Å². The van der Waals surface area contributed by atoms with E-state index < -0.39 is 6.10 Å². The molecule has 0 amide bonds. The molecular weight excluding hydrogens is 326 g/mol. The first-order chi connectivity index (χ1) is 9.79. The minimum Gasteiger partial charge on any atom is -0.508 e. The maximum atomic E-state index is 9.74. The van der Waals surface area contributed by atoms with Crippen LogP contribution >= 0.6 is 15.9 Å². The predicted octanol–water partition coefficient (Wildman–Crippen LogP) is 1.64. The first kappa shape index (κ1) is 16.2. The normalized spacial score (nSPS) is 12.4. The molecule has 1 unspecified atom stereocenters. The molecule has 0 aliphatic carbocycles. The summed E-state index contributed by atoms with van der Waals surface area (Å²) in [6.07, 6.45) is 0.0321. The molecular formula is C16H15B2BrO2. The van der Waals surface area contributed by atoms with E-state index in [0.717, 1.165) is 21.2 Å². The Bertz CT molecular complexity index is 638. The molecule has 2 aromatic rings. The zero-order valence-electron chi connectivity index (χ0n) is 12.0. The predicted molar refractivity (Wildman–Crippen MR) is 92.1 cm³/mol. The van der Waals surface area contributed by atoms with Crippen molar-refractivity contribution >= 4 is 42.5 Å². The van der Waals surface area contributed by atoms with E-state index in [0.29, 0.717) is 22.9 Å². The summed E-state index contributed by atoms with van der Waals surface area (Å²) in [6.45, 7) is 3.53. The standard InChI is InChI=1S/C16H15B2BrO2/c1-8-3-10(6-14(18)16(8)21)11-5-13(17)12(4-9(2)20)15(19)7-11/h3,5-7,9,20-21H,4H2,1-2H3. The van der Waals surface area contributed by atoms with Gasteiger partial charge in [0.1, 0.15) is 21.4 Å². The summed E-state index contributed by atoms with van der Waals surface area (Å²) >= 11 is 3.50. The smallest absolute Gasteiger partial charge is 0.119 e. The molecule has 104 valence electrons. The number of benzene rings is 2. The molecule has 0 saturated carbocycles. The molecule has 0 aliphatic rings. The molecule has 0 saturated heterocycles. The number of aliphatic hydroxyl groups excluding tert-OH is 1. The second kappa shape index (κ2) is 6.29. The van der Waals surface area contributed by atoms with Gasteiger partial charge in [-0.05, 0) is 54.7 Å². The minimum atomic E-state index is -0.457. The summed E-state index contributed by atoms with van der Waals surface area (Å²) < 4.78 is 0.850. The van der Waals surface area contributed by atoms with Gasteiger partial charge in [-0.15, -0.1) is 0 Å². The van der Waals surface area contributed by atoms with Crippen LogP contribution in [0.15, 0.2) is 28.7 Å². The Hall–Kier alpha value is -1.19. The van der Waals surface area contributed by atoms with Crippen LogP contribution in [-0.2, 0) is 6.42 Å². The average molecular weight is 341 g/mol. The van der Waals surface area contributed by atoms with Crippen LogP contribution in [-0.4, -0.2) is 32.0 Å². The summed E-state index contributed by atoms with van der Waals surface area (Å²) in [5.74, 6) is 0.108. The van der Waals surface area contributed by atoms with Gasteiger partial charge in [0.2, 0.25) is 0 Å². The van der Waals surface area contributed by atoms with Crippen molar-refractivity contribution in [3.63, 3.8) is 0 Å². The molecule has 0 fully saturated rings. The number of aromatic hydroxyl groups is 1. The first-order valence-corrected chi connectivity index (χ1v) is 7.44. The number of hydrogen-bond acceptors (Lipinski definition) is 2. The lowest BCUT2D eigenvalue weighted by atomic mass is 9.84. The number of aliphatic hydroxyl groups is 1. The molecule has 0 aliphatic heterocycles. The highest BCUT2D eigenvalue weighted by Gasteiger charge is 2.11. The van der Waals surface area contributed by atoms with Crippen molar-refractivity contribution in [2.24, 2.45) is 0 Å². The van der Waals surface area contributed by atoms with Gasteiger partial charge in [-0.2, -0.15) is 0 Å². The Morgan fingerprint density at radius 1 is 1.10 bits per heavy atom. The monoisotopic (exact) mass is 340 g/mol. The van der Waals surface area contributed by atoms with E-state index in [-0.39, 0.29) is 5.75 Å². The fourth-order valence-corrected chi connectivity index (χ4v) is 2.95. The number of rotatable bonds is 3. The fourth-order valence-electron chi connectivity index (χ4n) is 2.31. The van der Waals surface area contributed by atoms with Gasteiger partial charge >= 0.3 is 0 Å². The lowest BCUT2D eigenvalue weighted by molar-refractivity contribution is 0.195. The van der Waals surface area contributed by atoms with E-state index in [1.165, 1.54) is 0 Å². The molecule has 0 heterocycles. The zero-order valence-corrected chi connectivity index (χ0v) is 13.6. The Labute approximate surface area is 136 Å². The molecule has 0 bridgehead atoms. The topological polar surface area (TPSA) is 40.5 Å². The van der Waals surface area contributed by atoms with Crippen LogP contribution in [0.1, 0.15) is 18.1 Å². The zero-order chi connectivity index (χ0) is 15.7. The highest BCUT2D eigenvalue weighted by atomic mass is 79.9. The largest absolute Gasteiger partial charge is 0.508 e. The molecule has 5 heteroatoms. The van der Waals surface area contributed by atoms with Crippen molar-refractivity contribution in [2.45, 2.75) is 26.4 Å². The first-order valence-electron chi connectivity index (χ1n) is 6.65. The van der Waals surface area contributed by atoms with Gasteiger partial charge in [0, 0.05) is 4.47 Å². The Morgan fingerprint density at radius 3 is 2.19 bits per heavy atom. The van der Waals surface area contributed by atoms with Crippen LogP contribution in [0, 0.1) is 6.92 Å². The maximum absolute atomic E-state index is 9.74. The van der Waals surface area contributed by atoms with Crippen LogP contribution in [0.5, 0.6) is 5.75 Å². The van der Waals surface area contributed by atoms with Crippen molar-refractivity contribution < 1.29 is 10.2 Å². The molecule has 2 nitrogen and oxygen atoms in total. The van der Waals surface area contributed by atoms with E-state index in [2.05, 4.69) is 15.9 Å². The molecule has 2 rings (SSSR count). The summed E-state index contributed by atoms with van der Waals surface area (Å²) in [7, 11) is 11.9. The van der Waals surface area contributed by atoms with Crippen molar-refractivity contribution in [3.05, 3.63) is 39.9 Å². The second-order valence-corrected chi connectivity index (χ2v) is 6.16. The van der Waals surface area contributed by atoms with Crippen molar-refractivity contribution in [2.75, 3.05) is 0 Å². The Kier molecular flexibility index (Phi) is 4.84. The van der Waals surface area contributed by atoms with Crippen LogP contribution in [0.25, 0.3) is 11.1 Å². The van der Waals surface area contributed by atoms with Crippen LogP contribution < -0.4 is 10.9 Å². The highest BCUT2D eigenvalue weighted by molar-refractivity contribution is 9.10. The summed E-state index contributed by atoms with van der Waals surface area (Å²) in [6, 6.07) is 7.38. The average Bonchev–Trinajstić information content (AvgIpc) is 2.39. The van der Waals surface area contributed by atoms with Gasteiger partial charge in [-0.1, -0.05) is 39.0 Å². The number of hydrogen-bond donors (Lipinski definition) is 2. The van der Waals surface area contributed by atoms with Crippen LogP contribution in [0.4, 0.5) is 0 Å². The quantitative estimate of drug-likeness (QED) is 0.834. The molecule has 0 aromatic heterocycles. The third kappa shape index (κ3) is 3.53. The second-order valence-electron chi connectivity index (χ2n) is 5.31.